The van der Waals surface area contributed by atoms with Crippen LogP contribution in [-0.4, -0.2) is 80.4 Å². The summed E-state index contributed by atoms with van der Waals surface area (Å²) in [6.45, 7) is 6.32. The van der Waals surface area contributed by atoms with E-state index in [1.807, 2.05) is 42.5 Å². The van der Waals surface area contributed by atoms with Crippen molar-refractivity contribution < 1.29 is 19.4 Å². The minimum atomic E-state index is -0.128. The number of carbonyl (C=O) groups is 1. The number of hydrogen-bond donors (Lipinski definition) is 1. The molecule has 0 aromatic heterocycles. The zero-order valence-corrected chi connectivity index (χ0v) is 19.6. The number of hydrogen-bond acceptors (Lipinski definition) is 6. The van der Waals surface area contributed by atoms with E-state index in [1.54, 1.807) is 12.0 Å². The van der Waals surface area contributed by atoms with Gasteiger partial charge in [0.05, 0.1) is 25.9 Å². The maximum absolute atomic E-state index is 13.2. The molecule has 7 heteroatoms. The van der Waals surface area contributed by atoms with Crippen molar-refractivity contribution in [2.45, 2.75) is 6.54 Å². The molecule has 0 spiro atoms. The summed E-state index contributed by atoms with van der Waals surface area (Å²) < 4.78 is 10.7. The summed E-state index contributed by atoms with van der Waals surface area (Å²) in [7, 11) is 1.68. The van der Waals surface area contributed by atoms with Crippen molar-refractivity contribution >= 4 is 22.4 Å². The number of rotatable bonds is 5. The van der Waals surface area contributed by atoms with Crippen LogP contribution in [0.3, 0.4) is 0 Å². The molecule has 0 unspecified atom stereocenters. The molecule has 0 bridgehead atoms. The Morgan fingerprint density at radius 2 is 1.68 bits per heavy atom. The number of benzene rings is 3. The van der Waals surface area contributed by atoms with Crippen molar-refractivity contribution in [3.63, 3.8) is 0 Å². The average molecular weight is 462 g/mol. The van der Waals surface area contributed by atoms with Crippen molar-refractivity contribution in [1.29, 1.82) is 0 Å². The summed E-state index contributed by atoms with van der Waals surface area (Å²) >= 11 is 0. The van der Waals surface area contributed by atoms with Crippen molar-refractivity contribution in [2.24, 2.45) is 0 Å². The molecule has 1 amide bonds. The van der Waals surface area contributed by atoms with Gasteiger partial charge in [0.1, 0.15) is 11.5 Å². The van der Waals surface area contributed by atoms with Gasteiger partial charge in [-0.05, 0) is 41.1 Å². The van der Waals surface area contributed by atoms with E-state index in [2.05, 4.69) is 21.9 Å². The molecule has 2 aliphatic heterocycles. The van der Waals surface area contributed by atoms with Crippen molar-refractivity contribution in [3.8, 4) is 11.5 Å². The Morgan fingerprint density at radius 1 is 0.971 bits per heavy atom. The number of ether oxygens (including phenoxy) is 2. The molecule has 0 saturated carbocycles. The Kier molecular flexibility index (Phi) is 6.56. The van der Waals surface area contributed by atoms with E-state index in [0.29, 0.717) is 38.4 Å². The first kappa shape index (κ1) is 22.5. The predicted octanol–water partition coefficient (Wildman–Crippen LogP) is 3.35. The second-order valence-electron chi connectivity index (χ2n) is 8.84. The van der Waals surface area contributed by atoms with Crippen LogP contribution >= 0.6 is 0 Å². The highest BCUT2D eigenvalue weighted by molar-refractivity contribution is 6.03. The van der Waals surface area contributed by atoms with E-state index in [-0.39, 0.29) is 11.7 Å². The minimum absolute atomic E-state index is 0.104. The number of anilines is 1. The highest BCUT2D eigenvalue weighted by Gasteiger charge is 2.26. The molecule has 2 heterocycles. The molecule has 3 aromatic carbocycles. The van der Waals surface area contributed by atoms with E-state index in [9.17, 15) is 9.90 Å². The van der Waals surface area contributed by atoms with Gasteiger partial charge in [0.25, 0.3) is 5.91 Å². The van der Waals surface area contributed by atoms with Gasteiger partial charge in [-0.15, -0.1) is 0 Å². The summed E-state index contributed by atoms with van der Waals surface area (Å²) in [6.07, 6.45) is 0. The lowest BCUT2D eigenvalue weighted by atomic mass is 9.97. The fraction of sp³-hybridized carbons (Fsp3) is 0.370. The molecule has 2 fully saturated rings. The molecule has 0 atom stereocenters. The molecular formula is C27H31N3O4. The van der Waals surface area contributed by atoms with Crippen LogP contribution in [0.4, 0.5) is 5.69 Å². The summed E-state index contributed by atoms with van der Waals surface area (Å²) in [6, 6.07) is 18.0. The molecule has 2 aliphatic rings. The van der Waals surface area contributed by atoms with Crippen LogP contribution in [0.25, 0.3) is 10.8 Å². The van der Waals surface area contributed by atoms with Gasteiger partial charge in [-0.1, -0.05) is 24.3 Å². The van der Waals surface area contributed by atoms with E-state index in [0.717, 1.165) is 48.3 Å². The number of fused-ring (bicyclic) bond motifs is 1. The summed E-state index contributed by atoms with van der Waals surface area (Å²) in [5, 5.41) is 13.2. The summed E-state index contributed by atoms with van der Waals surface area (Å²) in [5.74, 6) is 0.834. The zero-order chi connectivity index (χ0) is 23.5. The SMILES string of the molecule is COc1ccc(N2CCN(Cc3c(O)c(C(=O)N4CCOCC4)cc4ccccc34)CC2)cc1. The average Bonchev–Trinajstić information content (AvgIpc) is 2.90. The molecule has 1 N–H and O–H groups in total. The van der Waals surface area contributed by atoms with Crippen molar-refractivity contribution in [3.05, 3.63) is 65.7 Å². The molecule has 0 aliphatic carbocycles. The third-order valence-electron chi connectivity index (χ3n) is 6.85. The lowest BCUT2D eigenvalue weighted by Gasteiger charge is -2.36. The monoisotopic (exact) mass is 461 g/mol. The van der Waals surface area contributed by atoms with E-state index >= 15 is 0 Å². The summed E-state index contributed by atoms with van der Waals surface area (Å²) in [5.41, 5.74) is 2.40. The van der Waals surface area contributed by atoms with Crippen LogP contribution in [0, 0.1) is 0 Å². The molecular weight excluding hydrogens is 430 g/mol. The number of phenolic OH excluding ortho intramolecular Hbond substituents is 1. The number of phenols is 1. The Bertz CT molecular complexity index is 1150. The van der Waals surface area contributed by atoms with Crippen molar-refractivity contribution in [2.75, 3.05) is 64.5 Å². The van der Waals surface area contributed by atoms with Crippen LogP contribution in [0.2, 0.25) is 0 Å². The highest BCUT2D eigenvalue weighted by atomic mass is 16.5. The van der Waals surface area contributed by atoms with E-state index in [4.69, 9.17) is 9.47 Å². The number of aromatic hydroxyl groups is 1. The van der Waals surface area contributed by atoms with Gasteiger partial charge >= 0.3 is 0 Å². The normalized spacial score (nSPS) is 17.2. The van der Waals surface area contributed by atoms with Crippen LogP contribution < -0.4 is 9.64 Å². The molecule has 0 radical (unpaired) electrons. The Morgan fingerprint density at radius 3 is 2.38 bits per heavy atom. The van der Waals surface area contributed by atoms with Gasteiger partial charge in [-0.2, -0.15) is 0 Å². The number of piperazine rings is 1. The zero-order valence-electron chi connectivity index (χ0n) is 19.6. The highest BCUT2D eigenvalue weighted by Crippen LogP contribution is 2.34. The van der Waals surface area contributed by atoms with Crippen LogP contribution in [0.1, 0.15) is 15.9 Å². The second-order valence-corrected chi connectivity index (χ2v) is 8.84. The van der Waals surface area contributed by atoms with Crippen LogP contribution in [0.15, 0.2) is 54.6 Å². The molecule has 178 valence electrons. The van der Waals surface area contributed by atoms with E-state index < -0.39 is 0 Å². The maximum Gasteiger partial charge on any atom is 0.257 e. The summed E-state index contributed by atoms with van der Waals surface area (Å²) in [4.78, 5) is 19.7. The van der Waals surface area contributed by atoms with Crippen LogP contribution in [-0.2, 0) is 11.3 Å². The van der Waals surface area contributed by atoms with E-state index in [1.165, 1.54) is 5.69 Å². The molecule has 5 rings (SSSR count). The smallest absolute Gasteiger partial charge is 0.257 e. The van der Waals surface area contributed by atoms with Gasteiger partial charge in [0.15, 0.2) is 0 Å². The van der Waals surface area contributed by atoms with Crippen LogP contribution in [0.5, 0.6) is 11.5 Å². The third-order valence-corrected chi connectivity index (χ3v) is 6.85. The Labute approximate surface area is 200 Å². The number of nitrogens with zero attached hydrogens (tertiary/aromatic N) is 3. The number of amides is 1. The van der Waals surface area contributed by atoms with Gasteiger partial charge in [0.2, 0.25) is 0 Å². The number of methoxy groups -OCH3 is 1. The molecule has 2 saturated heterocycles. The predicted molar refractivity (Wildman–Crippen MR) is 133 cm³/mol. The standard InChI is InChI=1S/C27H31N3O4/c1-33-22-8-6-21(7-9-22)29-12-10-28(11-13-29)19-25-23-5-3-2-4-20(23)18-24(26(25)31)27(32)30-14-16-34-17-15-30/h2-9,18,31H,10-17,19H2,1H3. The Balaban J connectivity index is 1.36. The quantitative estimate of drug-likeness (QED) is 0.629. The fourth-order valence-electron chi connectivity index (χ4n) is 4.85. The lowest BCUT2D eigenvalue weighted by Crippen LogP contribution is -2.46. The first-order valence-electron chi connectivity index (χ1n) is 11.9. The van der Waals surface area contributed by atoms with Gasteiger partial charge in [-0.25, -0.2) is 0 Å². The first-order valence-corrected chi connectivity index (χ1v) is 11.9. The fourth-order valence-corrected chi connectivity index (χ4v) is 4.85. The van der Waals surface area contributed by atoms with Gasteiger partial charge in [0, 0.05) is 57.1 Å². The third kappa shape index (κ3) is 4.54. The molecule has 3 aromatic rings. The van der Waals surface area contributed by atoms with Gasteiger partial charge < -0.3 is 24.4 Å². The maximum atomic E-state index is 13.2. The second kappa shape index (κ2) is 9.91. The van der Waals surface area contributed by atoms with Crippen molar-refractivity contribution in [1.82, 2.24) is 9.80 Å². The molecule has 7 nitrogen and oxygen atoms in total. The Hall–Kier alpha value is -3.29. The topological polar surface area (TPSA) is 65.5 Å². The number of morpholine rings is 1. The largest absolute Gasteiger partial charge is 0.507 e. The van der Waals surface area contributed by atoms with Gasteiger partial charge in [-0.3, -0.25) is 9.69 Å². The minimum Gasteiger partial charge on any atom is -0.507 e. The molecule has 34 heavy (non-hydrogen) atoms. The first-order chi connectivity index (χ1) is 16.6. The number of carbonyl (C=O) groups excluding carboxylic acids is 1. The lowest BCUT2D eigenvalue weighted by molar-refractivity contribution is 0.0301.